The molecular weight excluding hydrogens is 216 g/mol. The van der Waals surface area contributed by atoms with Crippen molar-refractivity contribution in [2.45, 2.75) is 19.9 Å². The van der Waals surface area contributed by atoms with E-state index < -0.39 is 5.97 Å². The number of hydrogen-bond donors (Lipinski definition) is 1. The Hall–Kier alpha value is -2.28. The minimum absolute atomic E-state index is 0.179. The first-order valence-corrected chi connectivity index (χ1v) is 5.32. The molecule has 0 fully saturated rings. The van der Waals surface area contributed by atoms with Gasteiger partial charge < -0.3 is 9.67 Å². The minimum Gasteiger partial charge on any atom is -0.478 e. The van der Waals surface area contributed by atoms with Gasteiger partial charge in [-0.15, -0.1) is 0 Å². The van der Waals surface area contributed by atoms with Gasteiger partial charge in [-0.1, -0.05) is 0 Å². The fourth-order valence-electron chi connectivity index (χ4n) is 1.92. The van der Waals surface area contributed by atoms with Gasteiger partial charge in [0.2, 0.25) is 0 Å². The molecule has 0 unspecified atom stereocenters. The third-order valence-electron chi connectivity index (χ3n) is 2.75. The predicted octanol–water partition coefficient (Wildman–Crippen LogP) is 2.79. The first kappa shape index (κ1) is 11.2. The van der Waals surface area contributed by atoms with Gasteiger partial charge in [0, 0.05) is 23.1 Å². The number of fused-ring (bicyclic) bond motifs is 1. The maximum Gasteiger partial charge on any atom is 0.337 e. The quantitative estimate of drug-likeness (QED) is 0.859. The van der Waals surface area contributed by atoms with Crippen LogP contribution in [0.15, 0.2) is 24.4 Å². The molecule has 0 radical (unpaired) electrons. The highest BCUT2D eigenvalue weighted by Gasteiger charge is 2.15. The van der Waals surface area contributed by atoms with Crippen LogP contribution in [-0.4, -0.2) is 15.6 Å². The molecule has 0 aliphatic rings. The van der Waals surface area contributed by atoms with Crippen LogP contribution in [0.5, 0.6) is 0 Å². The van der Waals surface area contributed by atoms with Crippen LogP contribution in [0, 0.1) is 11.3 Å². The number of carbonyl (C=O) groups is 1. The lowest BCUT2D eigenvalue weighted by Crippen LogP contribution is -1.99. The second-order valence-corrected chi connectivity index (χ2v) is 4.19. The van der Waals surface area contributed by atoms with Crippen LogP contribution >= 0.6 is 0 Å². The van der Waals surface area contributed by atoms with Gasteiger partial charge in [-0.2, -0.15) is 5.26 Å². The number of nitrogens with zero attached hydrogens (tertiary/aromatic N) is 2. The molecule has 1 N–H and O–H groups in total. The van der Waals surface area contributed by atoms with Crippen LogP contribution in [0.1, 0.15) is 35.8 Å². The molecule has 0 bridgehead atoms. The average molecular weight is 228 g/mol. The lowest BCUT2D eigenvalue weighted by molar-refractivity contribution is 0.0699. The summed E-state index contributed by atoms with van der Waals surface area (Å²) in [7, 11) is 0. The van der Waals surface area contributed by atoms with Gasteiger partial charge in [-0.05, 0) is 32.0 Å². The molecule has 0 saturated heterocycles. The van der Waals surface area contributed by atoms with E-state index in [9.17, 15) is 4.79 Å². The second kappa shape index (κ2) is 3.95. The third-order valence-corrected chi connectivity index (χ3v) is 2.75. The van der Waals surface area contributed by atoms with E-state index in [0.29, 0.717) is 10.9 Å². The zero-order chi connectivity index (χ0) is 12.6. The van der Waals surface area contributed by atoms with E-state index in [2.05, 4.69) is 0 Å². The standard InChI is InChI=1S/C13H12N2O2/c1-8(2)15-7-11(13(16)17)10-5-9(6-14)3-4-12(10)15/h3-5,7-8H,1-2H3,(H,16,17). The number of carboxylic acids is 1. The largest absolute Gasteiger partial charge is 0.478 e. The van der Waals surface area contributed by atoms with E-state index in [4.69, 9.17) is 10.4 Å². The molecule has 4 nitrogen and oxygen atoms in total. The molecule has 1 heterocycles. The molecule has 0 saturated carbocycles. The predicted molar refractivity (Wildman–Crippen MR) is 64.0 cm³/mol. The zero-order valence-corrected chi connectivity index (χ0v) is 9.64. The highest BCUT2D eigenvalue weighted by atomic mass is 16.4. The Kier molecular flexibility index (Phi) is 2.60. The Morgan fingerprint density at radius 3 is 2.71 bits per heavy atom. The van der Waals surface area contributed by atoms with Crippen LogP contribution in [-0.2, 0) is 0 Å². The van der Waals surface area contributed by atoms with Crippen LogP contribution < -0.4 is 0 Å². The number of rotatable bonds is 2. The fourth-order valence-corrected chi connectivity index (χ4v) is 1.92. The number of carboxylic acid groups (broad SMARTS) is 1. The summed E-state index contributed by atoms with van der Waals surface area (Å²) in [6.07, 6.45) is 1.62. The molecular formula is C13H12N2O2. The van der Waals surface area contributed by atoms with Gasteiger partial charge in [-0.3, -0.25) is 0 Å². The molecule has 0 atom stereocenters. The molecule has 0 spiro atoms. The lowest BCUT2D eigenvalue weighted by Gasteiger charge is -2.08. The maximum atomic E-state index is 11.2. The maximum absolute atomic E-state index is 11.2. The number of aromatic nitrogens is 1. The fraction of sp³-hybridized carbons (Fsp3) is 0.231. The summed E-state index contributed by atoms with van der Waals surface area (Å²) in [5.41, 5.74) is 1.56. The van der Waals surface area contributed by atoms with E-state index in [1.165, 1.54) is 0 Å². The summed E-state index contributed by atoms with van der Waals surface area (Å²) in [4.78, 5) is 11.2. The molecule has 2 aromatic rings. The molecule has 17 heavy (non-hydrogen) atoms. The molecule has 1 aromatic carbocycles. The number of nitriles is 1. The summed E-state index contributed by atoms with van der Waals surface area (Å²) in [5.74, 6) is -0.968. The highest BCUT2D eigenvalue weighted by Crippen LogP contribution is 2.25. The summed E-state index contributed by atoms with van der Waals surface area (Å²) < 4.78 is 1.90. The van der Waals surface area contributed by atoms with Crippen molar-refractivity contribution in [3.8, 4) is 6.07 Å². The smallest absolute Gasteiger partial charge is 0.337 e. The number of benzene rings is 1. The third kappa shape index (κ3) is 1.76. The highest BCUT2D eigenvalue weighted by molar-refractivity contribution is 6.03. The number of aromatic carboxylic acids is 1. The minimum atomic E-state index is -0.968. The van der Waals surface area contributed by atoms with Crippen molar-refractivity contribution in [3.05, 3.63) is 35.5 Å². The Balaban J connectivity index is 2.82. The van der Waals surface area contributed by atoms with Gasteiger partial charge in [-0.25, -0.2) is 4.79 Å². The first-order valence-electron chi connectivity index (χ1n) is 5.32. The molecule has 4 heteroatoms. The topological polar surface area (TPSA) is 66.0 Å². The molecule has 0 amide bonds. The summed E-state index contributed by atoms with van der Waals surface area (Å²) in [5, 5.41) is 18.6. The van der Waals surface area contributed by atoms with Crippen molar-refractivity contribution in [2.75, 3.05) is 0 Å². The van der Waals surface area contributed by atoms with Crippen LogP contribution in [0.3, 0.4) is 0 Å². The zero-order valence-electron chi connectivity index (χ0n) is 9.64. The molecule has 2 rings (SSSR count). The first-order chi connectivity index (χ1) is 8.04. The van der Waals surface area contributed by atoms with E-state index in [0.717, 1.165) is 5.52 Å². The van der Waals surface area contributed by atoms with Crippen molar-refractivity contribution in [1.82, 2.24) is 4.57 Å². The van der Waals surface area contributed by atoms with Crippen molar-refractivity contribution in [1.29, 1.82) is 5.26 Å². The number of hydrogen-bond acceptors (Lipinski definition) is 2. The monoisotopic (exact) mass is 228 g/mol. The van der Waals surface area contributed by atoms with Crippen molar-refractivity contribution in [2.24, 2.45) is 0 Å². The van der Waals surface area contributed by atoms with Crippen molar-refractivity contribution >= 4 is 16.9 Å². The lowest BCUT2D eigenvalue weighted by atomic mass is 10.1. The Morgan fingerprint density at radius 2 is 2.18 bits per heavy atom. The van der Waals surface area contributed by atoms with Gasteiger partial charge >= 0.3 is 5.97 Å². The van der Waals surface area contributed by atoms with Gasteiger partial charge in [0.25, 0.3) is 0 Å². The molecule has 1 aromatic heterocycles. The average Bonchev–Trinajstić information content (AvgIpc) is 2.67. The van der Waals surface area contributed by atoms with E-state index in [-0.39, 0.29) is 11.6 Å². The van der Waals surface area contributed by atoms with Crippen molar-refractivity contribution in [3.63, 3.8) is 0 Å². The van der Waals surface area contributed by atoms with Gasteiger partial charge in [0.1, 0.15) is 0 Å². The molecule has 86 valence electrons. The van der Waals surface area contributed by atoms with Gasteiger partial charge in [0.05, 0.1) is 17.2 Å². The van der Waals surface area contributed by atoms with E-state index in [1.54, 1.807) is 24.4 Å². The van der Waals surface area contributed by atoms with Crippen LogP contribution in [0.2, 0.25) is 0 Å². The Morgan fingerprint density at radius 1 is 1.47 bits per heavy atom. The molecule has 0 aliphatic carbocycles. The SMILES string of the molecule is CC(C)n1cc(C(=O)O)c2cc(C#N)ccc21. The summed E-state index contributed by atoms with van der Waals surface area (Å²) in [6, 6.07) is 7.32. The second-order valence-electron chi connectivity index (χ2n) is 4.19. The van der Waals surface area contributed by atoms with Gasteiger partial charge in [0.15, 0.2) is 0 Å². The Bertz CT molecular complexity index is 633. The summed E-state index contributed by atoms with van der Waals surface area (Å²) in [6.45, 7) is 3.98. The summed E-state index contributed by atoms with van der Waals surface area (Å²) >= 11 is 0. The van der Waals surface area contributed by atoms with E-state index >= 15 is 0 Å². The van der Waals surface area contributed by atoms with Crippen LogP contribution in [0.4, 0.5) is 0 Å². The van der Waals surface area contributed by atoms with Crippen LogP contribution in [0.25, 0.3) is 10.9 Å². The Labute approximate surface area is 98.7 Å². The van der Waals surface area contributed by atoms with Crippen molar-refractivity contribution < 1.29 is 9.90 Å². The normalized spacial score (nSPS) is 10.7. The van der Waals surface area contributed by atoms with E-state index in [1.807, 2.05) is 24.5 Å². The molecule has 0 aliphatic heterocycles.